The Kier molecular flexibility index (Phi) is 12.6. The Hall–Kier alpha value is -2.34. The van der Waals surface area contributed by atoms with E-state index < -0.39 is 0 Å². The van der Waals surface area contributed by atoms with Crippen molar-refractivity contribution >= 4 is 32.3 Å². The van der Waals surface area contributed by atoms with Crippen LogP contribution in [0, 0.1) is 0 Å². The lowest BCUT2D eigenvalue weighted by Crippen LogP contribution is -1.79. The molecule has 0 aliphatic carbocycles. The van der Waals surface area contributed by atoms with Gasteiger partial charge in [-0.1, -0.05) is 128 Å². The molecule has 26 heavy (non-hydrogen) atoms. The Bertz CT molecular complexity index is 797. The lowest BCUT2D eigenvalue weighted by Gasteiger charge is -2.07. The Balaban J connectivity index is 0.000000698. The second-order valence-corrected chi connectivity index (χ2v) is 4.67. The van der Waals surface area contributed by atoms with Crippen LogP contribution in [0.5, 0.6) is 0 Å². The van der Waals surface area contributed by atoms with Crippen molar-refractivity contribution in [2.24, 2.45) is 0 Å². The molecule has 0 amide bonds. The number of hydrogen-bond donors (Lipinski definition) is 0. The summed E-state index contributed by atoms with van der Waals surface area (Å²) in [4.78, 5) is 0. The zero-order valence-electron chi connectivity index (χ0n) is 17.9. The van der Waals surface area contributed by atoms with E-state index in [-0.39, 0.29) is 0 Å². The number of rotatable bonds is 0. The van der Waals surface area contributed by atoms with Crippen LogP contribution in [0.25, 0.3) is 32.3 Å². The highest BCUT2D eigenvalue weighted by Crippen LogP contribution is 2.30. The molecule has 0 radical (unpaired) electrons. The molecule has 0 heterocycles. The lowest BCUT2D eigenvalue weighted by atomic mass is 9.97. The fraction of sp³-hybridized carbons (Fsp3) is 0.308. The molecule has 0 heteroatoms. The lowest BCUT2D eigenvalue weighted by molar-refractivity contribution is 1.50. The monoisotopic (exact) mass is 348 g/mol. The van der Waals surface area contributed by atoms with E-state index in [1.54, 1.807) is 0 Å². The summed E-state index contributed by atoms with van der Waals surface area (Å²) >= 11 is 0. The molecule has 0 bridgehead atoms. The van der Waals surface area contributed by atoms with Crippen LogP contribution in [0.2, 0.25) is 0 Å². The molecule has 0 aliphatic rings. The minimum Gasteiger partial charge on any atom is -0.0683 e. The van der Waals surface area contributed by atoms with Crippen LogP contribution >= 0.6 is 0 Å². The fourth-order valence-electron chi connectivity index (χ4n) is 2.77. The molecule has 0 saturated carbocycles. The molecule has 0 fully saturated rings. The predicted molar refractivity (Wildman–Crippen MR) is 124 cm³/mol. The summed E-state index contributed by atoms with van der Waals surface area (Å²) < 4.78 is 0. The van der Waals surface area contributed by atoms with Crippen molar-refractivity contribution < 1.29 is 0 Å². The van der Waals surface area contributed by atoms with Crippen molar-refractivity contribution in [2.75, 3.05) is 0 Å². The molecule has 0 aliphatic heterocycles. The molecule has 0 aromatic heterocycles. The van der Waals surface area contributed by atoms with Gasteiger partial charge in [-0.15, -0.1) is 0 Å². The third kappa shape index (κ3) is 5.33. The second-order valence-electron chi connectivity index (χ2n) is 4.67. The van der Waals surface area contributed by atoms with Crippen molar-refractivity contribution in [1.82, 2.24) is 0 Å². The minimum absolute atomic E-state index is 1.31. The maximum atomic E-state index is 2.24. The normalized spacial score (nSPS) is 8.77. The number of fused-ring (bicyclic) bond motifs is 5. The quantitative estimate of drug-likeness (QED) is 0.278. The Morgan fingerprint density at radius 2 is 0.615 bits per heavy atom. The van der Waals surface area contributed by atoms with E-state index in [0.717, 1.165) is 0 Å². The first-order valence-electron chi connectivity index (χ1n) is 10.2. The van der Waals surface area contributed by atoms with E-state index >= 15 is 0 Å². The summed E-state index contributed by atoms with van der Waals surface area (Å²) in [7, 11) is 0. The van der Waals surface area contributed by atoms with E-state index in [9.17, 15) is 0 Å². The fourth-order valence-corrected chi connectivity index (χ4v) is 2.77. The van der Waals surface area contributed by atoms with Gasteiger partial charge in [0.1, 0.15) is 0 Å². The van der Waals surface area contributed by atoms with Gasteiger partial charge >= 0.3 is 0 Å². The molecule has 0 spiro atoms. The first-order chi connectivity index (χ1) is 12.9. The molecular weight excluding hydrogens is 312 g/mol. The maximum Gasteiger partial charge on any atom is -0.00990 e. The third-order valence-electron chi connectivity index (χ3n) is 3.65. The van der Waals surface area contributed by atoms with Gasteiger partial charge in [-0.25, -0.2) is 0 Å². The van der Waals surface area contributed by atoms with Crippen molar-refractivity contribution in [3.05, 3.63) is 72.8 Å². The maximum absolute atomic E-state index is 2.24. The summed E-state index contributed by atoms with van der Waals surface area (Å²) in [6.07, 6.45) is 0. The first-order valence-corrected chi connectivity index (χ1v) is 10.2. The van der Waals surface area contributed by atoms with Crippen LogP contribution in [-0.4, -0.2) is 0 Å². The SMILES string of the molecule is CC.CC.CC.CC.c1ccc2c(c1)ccc1c3ccccc3ccc21. The van der Waals surface area contributed by atoms with Gasteiger partial charge in [0.2, 0.25) is 0 Å². The van der Waals surface area contributed by atoms with Crippen LogP contribution in [0.1, 0.15) is 55.4 Å². The first kappa shape index (κ1) is 23.7. The molecule has 0 saturated heterocycles. The molecule has 4 aromatic rings. The van der Waals surface area contributed by atoms with Crippen LogP contribution in [0.4, 0.5) is 0 Å². The highest BCUT2D eigenvalue weighted by molar-refractivity contribution is 6.17. The van der Waals surface area contributed by atoms with Gasteiger partial charge in [-0.3, -0.25) is 0 Å². The van der Waals surface area contributed by atoms with Crippen molar-refractivity contribution in [3.63, 3.8) is 0 Å². The Morgan fingerprint density at radius 1 is 0.308 bits per heavy atom. The van der Waals surface area contributed by atoms with Crippen molar-refractivity contribution in [2.45, 2.75) is 55.4 Å². The van der Waals surface area contributed by atoms with E-state index in [1.807, 2.05) is 55.4 Å². The smallest absolute Gasteiger partial charge is 0.00990 e. The standard InChI is InChI=1S/C18H12.4C2H6/c1-3-7-15-13(5-1)9-11-18-16-8-4-2-6-14(16)10-12-17(15)18;4*1-2/h1-12H;4*1-2H3. The van der Waals surface area contributed by atoms with Crippen LogP contribution in [-0.2, 0) is 0 Å². The number of hydrogen-bond acceptors (Lipinski definition) is 0. The molecular formula is C26H36. The van der Waals surface area contributed by atoms with Crippen LogP contribution in [0.3, 0.4) is 0 Å². The average Bonchev–Trinajstić information content (AvgIpc) is 2.79. The van der Waals surface area contributed by atoms with Crippen LogP contribution in [0.15, 0.2) is 72.8 Å². The van der Waals surface area contributed by atoms with Gasteiger partial charge in [0.25, 0.3) is 0 Å². The molecule has 0 atom stereocenters. The second kappa shape index (κ2) is 13.9. The van der Waals surface area contributed by atoms with E-state index in [1.165, 1.54) is 32.3 Å². The van der Waals surface area contributed by atoms with Gasteiger partial charge in [0.05, 0.1) is 0 Å². The summed E-state index contributed by atoms with van der Waals surface area (Å²) in [6, 6.07) is 26.0. The zero-order chi connectivity index (χ0) is 19.9. The van der Waals surface area contributed by atoms with Gasteiger partial charge in [-0.05, 0) is 32.3 Å². The molecule has 140 valence electrons. The summed E-state index contributed by atoms with van der Waals surface area (Å²) in [5.41, 5.74) is 0. The summed E-state index contributed by atoms with van der Waals surface area (Å²) in [5.74, 6) is 0. The van der Waals surface area contributed by atoms with E-state index in [2.05, 4.69) is 72.8 Å². The van der Waals surface area contributed by atoms with Gasteiger partial charge < -0.3 is 0 Å². The van der Waals surface area contributed by atoms with E-state index in [4.69, 9.17) is 0 Å². The van der Waals surface area contributed by atoms with Gasteiger partial charge in [-0.2, -0.15) is 0 Å². The Labute approximate surface area is 160 Å². The zero-order valence-corrected chi connectivity index (χ0v) is 17.9. The molecule has 4 rings (SSSR count). The summed E-state index contributed by atoms with van der Waals surface area (Å²) in [6.45, 7) is 16.0. The van der Waals surface area contributed by atoms with Crippen molar-refractivity contribution in [3.8, 4) is 0 Å². The molecule has 0 nitrogen and oxygen atoms in total. The summed E-state index contributed by atoms with van der Waals surface area (Å²) in [5, 5.41) is 7.96. The van der Waals surface area contributed by atoms with Crippen molar-refractivity contribution in [1.29, 1.82) is 0 Å². The third-order valence-corrected chi connectivity index (χ3v) is 3.65. The minimum atomic E-state index is 1.31. The highest BCUT2D eigenvalue weighted by atomic mass is 14.1. The largest absolute Gasteiger partial charge is 0.0683 e. The Morgan fingerprint density at radius 3 is 0.962 bits per heavy atom. The molecule has 0 unspecified atom stereocenters. The predicted octanol–water partition coefficient (Wildman–Crippen LogP) is 9.25. The topological polar surface area (TPSA) is 0 Å². The highest BCUT2D eigenvalue weighted by Gasteiger charge is 2.03. The van der Waals surface area contributed by atoms with E-state index in [0.29, 0.717) is 0 Å². The number of benzene rings is 4. The average molecular weight is 349 g/mol. The van der Waals surface area contributed by atoms with Crippen LogP contribution < -0.4 is 0 Å². The molecule has 0 N–H and O–H groups in total. The van der Waals surface area contributed by atoms with Gasteiger partial charge in [0, 0.05) is 0 Å². The molecule has 4 aromatic carbocycles. The van der Waals surface area contributed by atoms with Gasteiger partial charge in [0.15, 0.2) is 0 Å².